The summed E-state index contributed by atoms with van der Waals surface area (Å²) >= 11 is 0. The number of nitrogens with one attached hydrogen (secondary N) is 4. The number of phosphoric acid groups is 3. The fourth-order valence-electron chi connectivity index (χ4n) is 7.41. The number of benzene rings is 1. The second-order valence-corrected chi connectivity index (χ2v) is 20.8. The summed E-state index contributed by atoms with van der Waals surface area (Å²) in [6, 6.07) is 5.77. The Morgan fingerprint density at radius 1 is 1.07 bits per heavy atom. The zero-order chi connectivity index (χ0) is 53.8. The summed E-state index contributed by atoms with van der Waals surface area (Å²) in [5.41, 5.74) is 0.919. The maximum Gasteiger partial charge on any atom is 0.677 e. The number of nitro groups is 1. The predicted molar refractivity (Wildman–Crippen MR) is 255 cm³/mol. The topological polar surface area (TPSA) is 384 Å². The standard InChI is InChI=1S/C40H52BF2N8O19P3/c1-24-17-25(2)50(41(42)43)33(24)19-30-10-9-29(47-30)13-15-44-14-6-4-5-7-36(53)46-21-27-8-11-32(51(57)58)31(18-27)26(3)67-40(56)45-16-12-28-22-49(39(55)48-38(28)54)37-20-34(52)35(68-37)23-66-72(62,63)70-73(64,65)69-71(59,60)61/h8-12,16-19,22,26,34-35,37,44,52H,4-7,13-15,20-21,23H2,1-3H3,(H,45,56)(H,46,53)(H,62,63)(H,64,65)(H,48,54,55)(H2,59,60,61)/b16-12+,30-19-/t26?,34-,35+,37+/m0/s1. The van der Waals surface area contributed by atoms with E-state index in [-0.39, 0.29) is 42.1 Å². The fraction of sp³-hybridized carbons (Fsp3) is 0.425. The van der Waals surface area contributed by atoms with E-state index in [4.69, 9.17) is 19.3 Å². The van der Waals surface area contributed by atoms with Crippen molar-refractivity contribution in [2.45, 2.75) is 90.4 Å². The number of carbonyl (C=O) groups is 2. The van der Waals surface area contributed by atoms with Crippen LogP contribution in [0.15, 0.2) is 69.1 Å². The molecule has 1 saturated heterocycles. The number of aromatic nitrogens is 3. The van der Waals surface area contributed by atoms with Gasteiger partial charge in [-0.05, 0) is 87.7 Å². The zero-order valence-corrected chi connectivity index (χ0v) is 41.8. The molecule has 3 aromatic rings. The first-order valence-corrected chi connectivity index (χ1v) is 26.5. The number of nitrogens with zero attached hydrogens (tertiary/aromatic N) is 4. The first kappa shape index (κ1) is 58.3. The molecule has 33 heteroatoms. The molecule has 27 nitrogen and oxygen atoms in total. The van der Waals surface area contributed by atoms with Gasteiger partial charge in [-0.25, -0.2) is 23.3 Å². The minimum absolute atomic E-state index is 0.00422. The van der Waals surface area contributed by atoms with E-state index in [0.29, 0.717) is 48.6 Å². The Kier molecular flexibility index (Phi) is 20.4. The molecular weight excluding hydrogens is 1040 g/mol. The number of carbonyl (C=O) groups excluding carboxylic acids is 2. The number of aromatic amines is 1. The summed E-state index contributed by atoms with van der Waals surface area (Å²) in [6.45, 7) is 5.12. The van der Waals surface area contributed by atoms with Gasteiger partial charge in [-0.15, -0.1) is 0 Å². The molecule has 0 spiro atoms. The van der Waals surface area contributed by atoms with Gasteiger partial charge in [0.2, 0.25) is 5.91 Å². The van der Waals surface area contributed by atoms with Crippen LogP contribution < -0.4 is 27.2 Å². The van der Waals surface area contributed by atoms with Crippen LogP contribution >= 0.6 is 23.5 Å². The highest BCUT2D eigenvalue weighted by molar-refractivity contribution is 7.66. The molecule has 4 heterocycles. The summed E-state index contributed by atoms with van der Waals surface area (Å²) in [4.78, 5) is 105. The van der Waals surface area contributed by atoms with Crippen molar-refractivity contribution >= 4 is 66.4 Å². The number of allylic oxidation sites excluding steroid dienone is 2. The van der Waals surface area contributed by atoms with E-state index in [9.17, 15) is 66.5 Å². The van der Waals surface area contributed by atoms with E-state index in [0.717, 1.165) is 51.6 Å². The molecule has 2 aliphatic rings. The second kappa shape index (κ2) is 25.6. The molecule has 0 bridgehead atoms. The smallest absolute Gasteiger partial charge is 0.441 e. The van der Waals surface area contributed by atoms with Crippen molar-refractivity contribution in [1.29, 1.82) is 0 Å². The van der Waals surface area contributed by atoms with Crippen molar-refractivity contribution in [3.63, 3.8) is 0 Å². The number of rotatable bonds is 26. The highest BCUT2D eigenvalue weighted by Gasteiger charge is 2.43. The van der Waals surface area contributed by atoms with Crippen LogP contribution in [0.3, 0.4) is 0 Å². The number of aliphatic hydroxyl groups is 1. The number of aryl methyl sites for hydroxylation is 2. The lowest BCUT2D eigenvalue weighted by atomic mass is 10.0. The number of amides is 2. The maximum atomic E-state index is 13.5. The van der Waals surface area contributed by atoms with Gasteiger partial charge in [0.25, 0.3) is 11.2 Å². The van der Waals surface area contributed by atoms with Gasteiger partial charge in [-0.3, -0.25) is 52.7 Å². The number of ether oxygens (including phenoxy) is 2. The molecule has 2 amide bonds. The number of H-pyrrole nitrogens is 1. The molecule has 3 unspecified atom stereocenters. The van der Waals surface area contributed by atoms with Crippen LogP contribution in [0, 0.1) is 24.0 Å². The van der Waals surface area contributed by atoms with Gasteiger partial charge < -0.3 is 49.3 Å². The highest BCUT2D eigenvalue weighted by Crippen LogP contribution is 2.66. The number of aliphatic imine (C=N–C) groups is 1. The van der Waals surface area contributed by atoms with Gasteiger partial charge in [0.05, 0.1) is 34.5 Å². The number of phosphoric ester groups is 1. The van der Waals surface area contributed by atoms with Crippen molar-refractivity contribution in [3.05, 3.63) is 119 Å². The monoisotopic (exact) mass is 1090 g/mol. The van der Waals surface area contributed by atoms with Crippen LogP contribution in [0.5, 0.6) is 0 Å². The molecule has 398 valence electrons. The SMILES string of the molecule is Cc1cc(C)n(B(F)F)c1/C=C1/C=CC(CCNCCCCCC(=O)NCc2ccc([N+](=O)[O-])c(C(C)OC(=O)N/C=C/c3cn([C@H]4C[C@H](O)[C@@H](COP(=O)(O)OP(=O)(O)OP(=O)(O)O)O4)c(=O)[nH]c3=O)c2)=N1. The third-order valence-corrected chi connectivity index (χ3v) is 14.6. The average molecular weight is 1090 g/mol. The van der Waals surface area contributed by atoms with E-state index in [2.05, 4.69) is 34.1 Å². The Balaban J connectivity index is 1.04. The lowest BCUT2D eigenvalue weighted by molar-refractivity contribution is -0.386. The van der Waals surface area contributed by atoms with E-state index in [1.165, 1.54) is 25.1 Å². The molecule has 0 aliphatic carbocycles. The van der Waals surface area contributed by atoms with Crippen molar-refractivity contribution < 1.29 is 84.1 Å². The van der Waals surface area contributed by atoms with Crippen molar-refractivity contribution in [1.82, 2.24) is 30.0 Å². The Labute approximate surface area is 413 Å². The number of nitro benzene ring substituents is 1. The van der Waals surface area contributed by atoms with E-state index < -0.39 is 84.3 Å². The number of aliphatic hydroxyl groups excluding tert-OH is 1. The van der Waals surface area contributed by atoms with Crippen LogP contribution in [0.1, 0.15) is 91.4 Å². The van der Waals surface area contributed by atoms with Crippen LogP contribution in [-0.2, 0) is 47.7 Å². The average Bonchev–Trinajstić information content (AvgIpc) is 3.97. The Bertz CT molecular complexity index is 2920. The molecule has 0 saturated carbocycles. The largest absolute Gasteiger partial charge is 0.677 e. The summed E-state index contributed by atoms with van der Waals surface area (Å²) < 4.78 is 85.9. The lowest BCUT2D eigenvalue weighted by Crippen LogP contribution is -2.33. The minimum Gasteiger partial charge on any atom is -0.441 e. The van der Waals surface area contributed by atoms with Gasteiger partial charge >= 0.3 is 42.7 Å². The third kappa shape index (κ3) is 17.8. The number of halogens is 2. The van der Waals surface area contributed by atoms with Crippen LogP contribution in [0.2, 0.25) is 0 Å². The van der Waals surface area contributed by atoms with Gasteiger partial charge in [0.15, 0.2) is 0 Å². The highest BCUT2D eigenvalue weighted by atomic mass is 31.3. The molecule has 1 fully saturated rings. The van der Waals surface area contributed by atoms with Gasteiger partial charge in [-0.2, -0.15) is 8.62 Å². The molecule has 6 atom stereocenters. The van der Waals surface area contributed by atoms with Crippen molar-refractivity contribution in [2.75, 3.05) is 19.7 Å². The number of hydrogen-bond acceptors (Lipinski definition) is 17. The number of unbranched alkanes of at least 4 members (excludes halogenated alkanes) is 2. The molecule has 73 heavy (non-hydrogen) atoms. The van der Waals surface area contributed by atoms with Crippen LogP contribution in [-0.4, -0.2) is 101 Å². The third-order valence-electron chi connectivity index (χ3n) is 10.8. The predicted octanol–water partition coefficient (Wildman–Crippen LogP) is 4.29. The molecule has 2 aliphatic heterocycles. The normalized spacial score (nSPS) is 19.4. The van der Waals surface area contributed by atoms with Crippen molar-refractivity contribution in [3.8, 4) is 0 Å². The summed E-state index contributed by atoms with van der Waals surface area (Å²) in [5, 5.41) is 30.6. The summed E-state index contributed by atoms with van der Waals surface area (Å²) in [6.07, 6.45) is 4.22. The molecule has 0 radical (unpaired) electrons. The molecule has 9 N–H and O–H groups in total. The maximum absolute atomic E-state index is 13.5. The van der Waals surface area contributed by atoms with Gasteiger partial charge in [0.1, 0.15) is 18.4 Å². The van der Waals surface area contributed by atoms with Crippen LogP contribution in [0.4, 0.5) is 19.1 Å². The Morgan fingerprint density at radius 3 is 2.51 bits per heavy atom. The zero-order valence-electron chi connectivity index (χ0n) is 39.1. The second-order valence-electron chi connectivity index (χ2n) is 16.3. The number of alkyl carbamates (subject to hydrolysis) is 1. The summed E-state index contributed by atoms with van der Waals surface area (Å²) in [5.74, 6) is -0.246. The molecule has 5 rings (SSSR count). The van der Waals surface area contributed by atoms with E-state index in [1.54, 1.807) is 32.1 Å². The molecule has 2 aromatic heterocycles. The quantitative estimate of drug-likeness (QED) is 0.0178. The van der Waals surface area contributed by atoms with E-state index >= 15 is 0 Å². The lowest BCUT2D eigenvalue weighted by Gasteiger charge is -2.19. The Hall–Kier alpha value is -5.58. The van der Waals surface area contributed by atoms with Crippen molar-refractivity contribution in [2.24, 2.45) is 4.99 Å². The number of hydrogen-bond donors (Lipinski definition) is 9. The first-order chi connectivity index (χ1) is 34.2. The first-order valence-electron chi connectivity index (χ1n) is 22.0. The fourth-order valence-corrected chi connectivity index (χ4v) is 10.4. The van der Waals surface area contributed by atoms with Gasteiger partial charge in [0, 0.05) is 67.9 Å². The van der Waals surface area contributed by atoms with E-state index in [1.807, 2.05) is 11.1 Å². The minimum atomic E-state index is -5.83. The molecular formula is C40H52BF2N8O19P3. The Morgan fingerprint density at radius 2 is 1.81 bits per heavy atom. The van der Waals surface area contributed by atoms with Crippen LogP contribution in [0.25, 0.3) is 12.2 Å². The van der Waals surface area contributed by atoms with Gasteiger partial charge in [-0.1, -0.05) is 12.5 Å². The summed E-state index contributed by atoms with van der Waals surface area (Å²) in [7, 11) is -19.7. The molecule has 1 aromatic carbocycles.